The van der Waals surface area contributed by atoms with E-state index >= 15 is 0 Å². The molecule has 0 aliphatic carbocycles. The van der Waals surface area contributed by atoms with Gasteiger partial charge in [-0.1, -0.05) is 12.1 Å². The molecule has 0 bridgehead atoms. The van der Waals surface area contributed by atoms with E-state index in [4.69, 9.17) is 9.47 Å². The summed E-state index contributed by atoms with van der Waals surface area (Å²) in [4.78, 5) is 24.3. The fraction of sp³-hybridized carbons (Fsp3) is 0.333. The minimum absolute atomic E-state index is 0.160. The quantitative estimate of drug-likeness (QED) is 0.630. The van der Waals surface area contributed by atoms with E-state index in [0.29, 0.717) is 55.4 Å². The molecule has 27 heavy (non-hydrogen) atoms. The van der Waals surface area contributed by atoms with Crippen LogP contribution in [0.5, 0.6) is 11.5 Å². The van der Waals surface area contributed by atoms with Crippen LogP contribution >= 0.6 is 0 Å². The molecule has 6 heteroatoms. The number of benzene rings is 2. The Morgan fingerprint density at radius 3 is 1.63 bits per heavy atom. The zero-order chi connectivity index (χ0) is 19.5. The summed E-state index contributed by atoms with van der Waals surface area (Å²) in [6.07, 6.45) is 0.633. The molecule has 0 saturated carbocycles. The van der Waals surface area contributed by atoms with Crippen molar-refractivity contribution in [2.24, 2.45) is 0 Å². The summed E-state index contributed by atoms with van der Waals surface area (Å²) in [5, 5.41) is 5.68. The normalized spacial score (nSPS) is 10.1. The van der Waals surface area contributed by atoms with Crippen LogP contribution in [0.4, 0.5) is 0 Å². The number of ether oxygens (including phenoxy) is 2. The lowest BCUT2D eigenvalue weighted by Gasteiger charge is -2.09. The summed E-state index contributed by atoms with van der Waals surface area (Å²) in [6, 6.07) is 14.1. The van der Waals surface area contributed by atoms with Gasteiger partial charge in [-0.15, -0.1) is 0 Å². The minimum Gasteiger partial charge on any atom is -0.494 e. The number of rotatable bonds is 10. The second-order valence-electron chi connectivity index (χ2n) is 5.79. The van der Waals surface area contributed by atoms with E-state index in [2.05, 4.69) is 10.6 Å². The van der Waals surface area contributed by atoms with Crippen molar-refractivity contribution < 1.29 is 19.1 Å². The Morgan fingerprint density at radius 1 is 0.778 bits per heavy atom. The van der Waals surface area contributed by atoms with E-state index in [1.807, 2.05) is 26.0 Å². The highest BCUT2D eigenvalue weighted by atomic mass is 16.5. The maximum atomic E-state index is 12.2. The van der Waals surface area contributed by atoms with Crippen molar-refractivity contribution in [3.8, 4) is 11.5 Å². The van der Waals surface area contributed by atoms with Crippen LogP contribution in [0.3, 0.4) is 0 Å². The first-order chi connectivity index (χ1) is 13.1. The maximum absolute atomic E-state index is 12.2. The number of amides is 2. The molecule has 2 aromatic rings. The van der Waals surface area contributed by atoms with Gasteiger partial charge in [-0.25, -0.2) is 0 Å². The number of hydrogen-bond acceptors (Lipinski definition) is 4. The average Bonchev–Trinajstić information content (AvgIpc) is 2.68. The molecule has 2 rings (SSSR count). The third-order valence-electron chi connectivity index (χ3n) is 3.74. The summed E-state index contributed by atoms with van der Waals surface area (Å²) in [5.74, 6) is 1.03. The number of carbonyl (C=O) groups is 2. The zero-order valence-electron chi connectivity index (χ0n) is 15.8. The molecule has 2 aromatic carbocycles. The molecule has 2 N–H and O–H groups in total. The molecule has 144 valence electrons. The second kappa shape index (κ2) is 10.9. The van der Waals surface area contributed by atoms with E-state index in [0.717, 1.165) is 0 Å². The Bertz CT molecular complexity index is 698. The molecular formula is C21H26N2O4. The fourth-order valence-electron chi connectivity index (χ4n) is 2.48. The molecule has 0 aliphatic rings. The predicted octanol–water partition coefficient (Wildman–Crippen LogP) is 3.03. The Balaban J connectivity index is 1.72. The van der Waals surface area contributed by atoms with Crippen LogP contribution in [-0.2, 0) is 0 Å². The van der Waals surface area contributed by atoms with Crippen LogP contribution in [0.25, 0.3) is 0 Å². The van der Waals surface area contributed by atoms with Crippen LogP contribution in [0.1, 0.15) is 41.0 Å². The third-order valence-corrected chi connectivity index (χ3v) is 3.74. The highest BCUT2D eigenvalue weighted by molar-refractivity contribution is 5.95. The first-order valence-corrected chi connectivity index (χ1v) is 9.16. The van der Waals surface area contributed by atoms with Gasteiger partial charge in [0.05, 0.1) is 13.2 Å². The topological polar surface area (TPSA) is 76.7 Å². The Morgan fingerprint density at radius 2 is 1.22 bits per heavy atom. The largest absolute Gasteiger partial charge is 0.494 e. The van der Waals surface area contributed by atoms with Crippen LogP contribution in [0, 0.1) is 0 Å². The standard InChI is InChI=1S/C21H26N2O4/c1-3-26-18-10-5-8-16(14-18)20(24)22-12-7-13-23-21(25)17-9-6-11-19(15-17)27-4-2/h5-6,8-11,14-15H,3-4,7,12-13H2,1-2H3,(H,22,24)(H,23,25). The Kier molecular flexibility index (Phi) is 8.16. The van der Waals surface area contributed by atoms with Crippen molar-refractivity contribution in [2.75, 3.05) is 26.3 Å². The van der Waals surface area contributed by atoms with Gasteiger partial charge in [-0.3, -0.25) is 9.59 Å². The monoisotopic (exact) mass is 370 g/mol. The molecule has 0 atom stereocenters. The SMILES string of the molecule is CCOc1cccc(C(=O)NCCCNC(=O)c2cccc(OCC)c2)c1. The highest BCUT2D eigenvalue weighted by Gasteiger charge is 2.08. The third kappa shape index (κ3) is 6.66. The summed E-state index contributed by atoms with van der Waals surface area (Å²) in [5.41, 5.74) is 1.11. The van der Waals surface area contributed by atoms with Crippen molar-refractivity contribution in [1.82, 2.24) is 10.6 Å². The molecule has 0 radical (unpaired) electrons. The second-order valence-corrected chi connectivity index (χ2v) is 5.79. The van der Waals surface area contributed by atoms with Gasteiger partial charge in [-0.2, -0.15) is 0 Å². The molecule has 0 unspecified atom stereocenters. The smallest absolute Gasteiger partial charge is 0.251 e. The fourth-order valence-corrected chi connectivity index (χ4v) is 2.48. The zero-order valence-corrected chi connectivity index (χ0v) is 15.8. The molecule has 0 aromatic heterocycles. The van der Waals surface area contributed by atoms with Crippen molar-refractivity contribution in [3.63, 3.8) is 0 Å². The van der Waals surface area contributed by atoms with Crippen LogP contribution in [0.2, 0.25) is 0 Å². The van der Waals surface area contributed by atoms with Gasteiger partial charge in [0, 0.05) is 24.2 Å². The molecule has 0 saturated heterocycles. The number of carbonyl (C=O) groups excluding carboxylic acids is 2. The molecular weight excluding hydrogens is 344 g/mol. The maximum Gasteiger partial charge on any atom is 0.251 e. The molecule has 2 amide bonds. The number of hydrogen-bond donors (Lipinski definition) is 2. The summed E-state index contributed by atoms with van der Waals surface area (Å²) < 4.78 is 10.8. The Labute approximate surface area is 159 Å². The molecule has 0 aliphatic heterocycles. The first-order valence-electron chi connectivity index (χ1n) is 9.16. The predicted molar refractivity (Wildman–Crippen MR) is 105 cm³/mol. The molecule has 0 heterocycles. The summed E-state index contributed by atoms with van der Waals surface area (Å²) in [6.45, 7) is 5.84. The highest BCUT2D eigenvalue weighted by Crippen LogP contribution is 2.14. The van der Waals surface area contributed by atoms with E-state index in [-0.39, 0.29) is 11.8 Å². The van der Waals surface area contributed by atoms with Gasteiger partial charge < -0.3 is 20.1 Å². The van der Waals surface area contributed by atoms with Gasteiger partial charge >= 0.3 is 0 Å². The van der Waals surface area contributed by atoms with E-state index < -0.39 is 0 Å². The average molecular weight is 370 g/mol. The molecule has 0 spiro atoms. The van der Waals surface area contributed by atoms with Crippen LogP contribution < -0.4 is 20.1 Å². The summed E-state index contributed by atoms with van der Waals surface area (Å²) in [7, 11) is 0. The van der Waals surface area contributed by atoms with E-state index in [9.17, 15) is 9.59 Å². The van der Waals surface area contributed by atoms with Crippen molar-refractivity contribution in [2.45, 2.75) is 20.3 Å². The van der Waals surface area contributed by atoms with Crippen LogP contribution in [-0.4, -0.2) is 38.1 Å². The lowest BCUT2D eigenvalue weighted by Crippen LogP contribution is -2.29. The van der Waals surface area contributed by atoms with Gasteiger partial charge in [0.25, 0.3) is 11.8 Å². The van der Waals surface area contributed by atoms with E-state index in [1.165, 1.54) is 0 Å². The van der Waals surface area contributed by atoms with Crippen molar-refractivity contribution in [1.29, 1.82) is 0 Å². The van der Waals surface area contributed by atoms with Gasteiger partial charge in [0.15, 0.2) is 0 Å². The summed E-state index contributed by atoms with van der Waals surface area (Å²) >= 11 is 0. The molecule has 6 nitrogen and oxygen atoms in total. The van der Waals surface area contributed by atoms with Gasteiger partial charge in [-0.05, 0) is 56.7 Å². The van der Waals surface area contributed by atoms with Crippen molar-refractivity contribution in [3.05, 3.63) is 59.7 Å². The number of nitrogens with one attached hydrogen (secondary N) is 2. The minimum atomic E-state index is -0.160. The van der Waals surface area contributed by atoms with Gasteiger partial charge in [0.2, 0.25) is 0 Å². The molecule has 0 fully saturated rings. The first kappa shape index (κ1) is 20.3. The van der Waals surface area contributed by atoms with Crippen LogP contribution in [0.15, 0.2) is 48.5 Å². The Hall–Kier alpha value is -3.02. The van der Waals surface area contributed by atoms with Crippen molar-refractivity contribution >= 4 is 11.8 Å². The van der Waals surface area contributed by atoms with Gasteiger partial charge in [0.1, 0.15) is 11.5 Å². The lowest BCUT2D eigenvalue weighted by atomic mass is 10.2. The lowest BCUT2D eigenvalue weighted by molar-refractivity contribution is 0.0951. The van der Waals surface area contributed by atoms with E-state index in [1.54, 1.807) is 36.4 Å².